The molecule has 0 bridgehead atoms. The lowest BCUT2D eigenvalue weighted by molar-refractivity contribution is -0.141. The highest BCUT2D eigenvalue weighted by Crippen LogP contribution is 2.19. The Morgan fingerprint density at radius 2 is 2.05 bits per heavy atom. The number of aliphatic carboxylic acids is 1. The zero-order valence-corrected chi connectivity index (χ0v) is 11.0. The van der Waals surface area contributed by atoms with E-state index in [0.717, 1.165) is 4.90 Å². The van der Waals surface area contributed by atoms with Gasteiger partial charge in [-0.2, -0.15) is 0 Å². The van der Waals surface area contributed by atoms with Gasteiger partial charge in [0.1, 0.15) is 12.6 Å². The smallest absolute Gasteiger partial charge is 0.326 e. The van der Waals surface area contributed by atoms with Crippen molar-refractivity contribution in [1.29, 1.82) is 0 Å². The van der Waals surface area contributed by atoms with Gasteiger partial charge in [-0.05, 0) is 6.92 Å². The molecule has 3 N–H and O–H groups in total. The number of likely N-dealkylation sites (N-methyl/N-ethyl adjacent to an activating group) is 2. The van der Waals surface area contributed by atoms with Crippen LogP contribution in [-0.2, 0) is 9.59 Å². The predicted molar refractivity (Wildman–Crippen MR) is 65.5 cm³/mol. The van der Waals surface area contributed by atoms with E-state index in [4.69, 9.17) is 5.11 Å². The van der Waals surface area contributed by atoms with Crippen LogP contribution in [0.1, 0.15) is 13.3 Å². The van der Waals surface area contributed by atoms with Crippen molar-refractivity contribution < 1.29 is 24.6 Å². The van der Waals surface area contributed by atoms with Crippen LogP contribution in [0.4, 0.5) is 4.79 Å². The number of nitrogens with one attached hydrogen (secondary N) is 1. The van der Waals surface area contributed by atoms with E-state index < -0.39 is 24.1 Å². The summed E-state index contributed by atoms with van der Waals surface area (Å²) in [5.41, 5.74) is 0. The number of hydrogen-bond acceptors (Lipinski definition) is 4. The molecule has 8 nitrogen and oxygen atoms in total. The van der Waals surface area contributed by atoms with Crippen LogP contribution in [0.3, 0.4) is 0 Å². The van der Waals surface area contributed by atoms with Gasteiger partial charge in [0.05, 0.1) is 6.10 Å². The Labute approximate surface area is 111 Å². The van der Waals surface area contributed by atoms with Crippen molar-refractivity contribution in [1.82, 2.24) is 15.1 Å². The first-order chi connectivity index (χ1) is 8.90. The normalized spacial score (nSPS) is 22.2. The Bertz CT molecular complexity index is 373. The maximum atomic E-state index is 12.2. The molecule has 1 fully saturated rings. The van der Waals surface area contributed by atoms with Gasteiger partial charge in [-0.1, -0.05) is 0 Å². The molecule has 19 heavy (non-hydrogen) atoms. The monoisotopic (exact) mass is 273 g/mol. The summed E-state index contributed by atoms with van der Waals surface area (Å²) in [6.07, 6.45) is -0.831. The molecular weight excluding hydrogens is 254 g/mol. The van der Waals surface area contributed by atoms with Crippen molar-refractivity contribution in [3.63, 3.8) is 0 Å². The molecule has 2 atom stereocenters. The Kier molecular flexibility index (Phi) is 5.11. The number of β-amino-alcohol motifs (C(OH)–C–C–N with tert-alkyl or cyclic N) is 1. The molecule has 0 aromatic heterocycles. The van der Waals surface area contributed by atoms with Crippen LogP contribution in [-0.4, -0.2) is 76.7 Å². The summed E-state index contributed by atoms with van der Waals surface area (Å²) in [6.45, 7) is 1.82. The molecule has 1 unspecified atom stereocenters. The van der Waals surface area contributed by atoms with E-state index in [1.807, 2.05) is 0 Å². The third kappa shape index (κ3) is 3.57. The van der Waals surface area contributed by atoms with Gasteiger partial charge in [-0.3, -0.25) is 4.79 Å². The van der Waals surface area contributed by atoms with Crippen LogP contribution in [0.2, 0.25) is 0 Å². The van der Waals surface area contributed by atoms with Crippen molar-refractivity contribution in [3.8, 4) is 0 Å². The van der Waals surface area contributed by atoms with Crippen LogP contribution in [0.15, 0.2) is 0 Å². The average molecular weight is 273 g/mol. The van der Waals surface area contributed by atoms with Gasteiger partial charge < -0.3 is 25.3 Å². The van der Waals surface area contributed by atoms with E-state index in [2.05, 4.69) is 5.32 Å². The van der Waals surface area contributed by atoms with E-state index >= 15 is 0 Å². The van der Waals surface area contributed by atoms with E-state index in [1.54, 1.807) is 6.92 Å². The molecule has 1 aliphatic rings. The molecule has 0 aliphatic carbocycles. The molecule has 0 aromatic carbocycles. The van der Waals surface area contributed by atoms with E-state index in [9.17, 15) is 19.5 Å². The number of rotatable bonds is 4. The van der Waals surface area contributed by atoms with Crippen LogP contribution < -0.4 is 5.32 Å². The summed E-state index contributed by atoms with van der Waals surface area (Å²) >= 11 is 0. The SMILES string of the molecule is CCN(CC(=O)NC)C(=O)N1CC(O)C[C@H]1C(=O)O. The number of aliphatic hydroxyl groups is 1. The number of nitrogens with zero attached hydrogens (tertiary/aromatic N) is 2. The highest BCUT2D eigenvalue weighted by molar-refractivity contribution is 5.87. The molecule has 1 saturated heterocycles. The minimum absolute atomic E-state index is 0.0125. The summed E-state index contributed by atoms with van der Waals surface area (Å²) in [6, 6.07) is -1.59. The van der Waals surface area contributed by atoms with Crippen LogP contribution in [0, 0.1) is 0 Å². The first-order valence-corrected chi connectivity index (χ1v) is 6.07. The fourth-order valence-corrected chi connectivity index (χ4v) is 2.01. The number of urea groups is 1. The van der Waals surface area contributed by atoms with Crippen molar-refractivity contribution in [2.75, 3.05) is 26.7 Å². The van der Waals surface area contributed by atoms with E-state index in [-0.39, 0.29) is 32.0 Å². The number of aliphatic hydroxyl groups excluding tert-OH is 1. The number of amides is 3. The average Bonchev–Trinajstić information content (AvgIpc) is 2.77. The summed E-state index contributed by atoms with van der Waals surface area (Å²) in [7, 11) is 1.46. The molecule has 1 rings (SSSR count). The van der Waals surface area contributed by atoms with Crippen molar-refractivity contribution in [2.24, 2.45) is 0 Å². The van der Waals surface area contributed by atoms with Gasteiger partial charge in [-0.25, -0.2) is 9.59 Å². The van der Waals surface area contributed by atoms with Crippen molar-refractivity contribution >= 4 is 17.9 Å². The maximum absolute atomic E-state index is 12.2. The Morgan fingerprint density at radius 3 is 2.53 bits per heavy atom. The summed E-state index contributed by atoms with van der Waals surface area (Å²) in [5.74, 6) is -1.48. The maximum Gasteiger partial charge on any atom is 0.326 e. The van der Waals surface area contributed by atoms with Crippen LogP contribution in [0.5, 0.6) is 0 Å². The third-order valence-electron chi connectivity index (χ3n) is 3.08. The number of carbonyl (C=O) groups is 3. The summed E-state index contributed by atoms with van der Waals surface area (Å²) in [5, 5.41) is 20.9. The van der Waals surface area contributed by atoms with E-state index in [0.29, 0.717) is 0 Å². The molecule has 0 aromatic rings. The number of carboxylic acids is 1. The van der Waals surface area contributed by atoms with Gasteiger partial charge in [0, 0.05) is 26.6 Å². The Balaban J connectivity index is 2.78. The Morgan fingerprint density at radius 1 is 1.42 bits per heavy atom. The molecule has 0 spiro atoms. The van der Waals surface area contributed by atoms with Gasteiger partial charge in [0.2, 0.25) is 5.91 Å². The molecular formula is C11H19N3O5. The van der Waals surface area contributed by atoms with Crippen molar-refractivity contribution in [3.05, 3.63) is 0 Å². The number of likely N-dealkylation sites (tertiary alicyclic amines) is 1. The zero-order chi connectivity index (χ0) is 14.6. The molecule has 8 heteroatoms. The van der Waals surface area contributed by atoms with Crippen LogP contribution in [0.25, 0.3) is 0 Å². The molecule has 1 aliphatic heterocycles. The van der Waals surface area contributed by atoms with Gasteiger partial charge >= 0.3 is 12.0 Å². The summed E-state index contributed by atoms with van der Waals surface area (Å²) < 4.78 is 0. The molecule has 108 valence electrons. The first kappa shape index (κ1) is 15.2. The Hall–Kier alpha value is -1.83. The van der Waals surface area contributed by atoms with E-state index in [1.165, 1.54) is 11.9 Å². The lowest BCUT2D eigenvalue weighted by Gasteiger charge is -2.28. The first-order valence-electron chi connectivity index (χ1n) is 6.07. The lowest BCUT2D eigenvalue weighted by Crippen LogP contribution is -2.50. The van der Waals surface area contributed by atoms with Crippen molar-refractivity contribution in [2.45, 2.75) is 25.5 Å². The van der Waals surface area contributed by atoms with Gasteiger partial charge in [0.15, 0.2) is 0 Å². The second-order valence-electron chi connectivity index (χ2n) is 4.37. The molecule has 0 saturated carbocycles. The van der Waals surface area contributed by atoms with Gasteiger partial charge in [0.25, 0.3) is 0 Å². The molecule has 1 heterocycles. The third-order valence-corrected chi connectivity index (χ3v) is 3.08. The fourth-order valence-electron chi connectivity index (χ4n) is 2.01. The topological polar surface area (TPSA) is 110 Å². The highest BCUT2D eigenvalue weighted by Gasteiger charge is 2.40. The highest BCUT2D eigenvalue weighted by atomic mass is 16.4. The minimum atomic E-state index is -1.15. The quantitative estimate of drug-likeness (QED) is 0.589. The number of carbonyl (C=O) groups excluding carboxylic acids is 2. The summed E-state index contributed by atoms with van der Waals surface area (Å²) in [4.78, 5) is 36.9. The number of carboxylic acid groups (broad SMARTS) is 1. The molecule has 3 amide bonds. The zero-order valence-electron chi connectivity index (χ0n) is 11.0. The fraction of sp³-hybridized carbons (Fsp3) is 0.727. The standard InChI is InChI=1S/C11H19N3O5/c1-3-13(6-9(16)12-2)11(19)14-5-7(15)4-8(14)10(17)18/h7-8,15H,3-6H2,1-2H3,(H,12,16)(H,17,18)/t7?,8-/m0/s1. The molecule has 0 radical (unpaired) electrons. The van der Waals surface area contributed by atoms with Crippen LogP contribution >= 0.6 is 0 Å². The second kappa shape index (κ2) is 6.37. The second-order valence-corrected chi connectivity index (χ2v) is 4.37. The predicted octanol–water partition coefficient (Wildman–Crippen LogP) is -1.31. The lowest BCUT2D eigenvalue weighted by atomic mass is 10.2. The number of hydrogen-bond donors (Lipinski definition) is 3. The van der Waals surface area contributed by atoms with Gasteiger partial charge in [-0.15, -0.1) is 0 Å². The minimum Gasteiger partial charge on any atom is -0.480 e. The largest absolute Gasteiger partial charge is 0.480 e.